The maximum absolute atomic E-state index is 5.75. The molecule has 0 spiro atoms. The van der Waals surface area contributed by atoms with Gasteiger partial charge in [0, 0.05) is 6.54 Å². The summed E-state index contributed by atoms with van der Waals surface area (Å²) >= 11 is 0. The normalized spacial score (nSPS) is 52.9. The number of hydrogen-bond acceptors (Lipinski definition) is 2. The van der Waals surface area contributed by atoms with Gasteiger partial charge in [-0.2, -0.15) is 0 Å². The molecule has 2 aliphatic rings. The highest BCUT2D eigenvalue weighted by molar-refractivity contribution is 4.88. The van der Waals surface area contributed by atoms with Crippen molar-refractivity contribution in [3.63, 3.8) is 0 Å². The molecular formula is C6H12N2. The highest BCUT2D eigenvalue weighted by Gasteiger charge is 2.34. The minimum atomic E-state index is 0.411. The molecule has 2 aliphatic heterocycles. The molecule has 2 saturated heterocycles. The molecule has 2 bridgehead atoms. The van der Waals surface area contributed by atoms with Crippen LogP contribution in [0.1, 0.15) is 12.8 Å². The third-order valence-corrected chi connectivity index (χ3v) is 2.36. The molecule has 0 aliphatic carbocycles. The van der Waals surface area contributed by atoms with Gasteiger partial charge in [-0.1, -0.05) is 0 Å². The van der Waals surface area contributed by atoms with Crippen LogP contribution in [0.15, 0.2) is 0 Å². The zero-order valence-electron chi connectivity index (χ0n) is 5.01. The van der Waals surface area contributed by atoms with Crippen LogP contribution in [0.25, 0.3) is 0 Å². The monoisotopic (exact) mass is 112 g/mol. The number of rotatable bonds is 0. The van der Waals surface area contributed by atoms with Crippen LogP contribution >= 0.6 is 0 Å². The summed E-state index contributed by atoms with van der Waals surface area (Å²) in [6, 6.07) is 0. The summed E-state index contributed by atoms with van der Waals surface area (Å²) in [5, 5.41) is 0. The van der Waals surface area contributed by atoms with E-state index in [4.69, 9.17) is 5.73 Å². The SMILES string of the molecule is NC1CC2CCN1C2. The Bertz CT molecular complexity index is 101. The number of hydrogen-bond donors (Lipinski definition) is 1. The Morgan fingerprint density at radius 2 is 2.38 bits per heavy atom. The zero-order chi connectivity index (χ0) is 5.56. The first-order valence-corrected chi connectivity index (χ1v) is 3.36. The largest absolute Gasteiger partial charge is 0.316 e. The van der Waals surface area contributed by atoms with Crippen molar-refractivity contribution in [1.29, 1.82) is 0 Å². The van der Waals surface area contributed by atoms with E-state index in [2.05, 4.69) is 4.90 Å². The van der Waals surface area contributed by atoms with Crippen molar-refractivity contribution in [2.45, 2.75) is 19.0 Å². The van der Waals surface area contributed by atoms with Gasteiger partial charge in [0.2, 0.25) is 0 Å². The van der Waals surface area contributed by atoms with Crippen LogP contribution in [0.5, 0.6) is 0 Å². The lowest BCUT2D eigenvalue weighted by molar-refractivity contribution is 0.268. The molecule has 3 atom stereocenters. The highest BCUT2D eigenvalue weighted by Crippen LogP contribution is 2.29. The van der Waals surface area contributed by atoms with Gasteiger partial charge in [-0.05, 0) is 25.3 Å². The van der Waals surface area contributed by atoms with Gasteiger partial charge in [-0.3, -0.25) is 4.90 Å². The maximum Gasteiger partial charge on any atom is 0.0574 e. The summed E-state index contributed by atoms with van der Waals surface area (Å²) in [7, 11) is 0. The summed E-state index contributed by atoms with van der Waals surface area (Å²) in [5.74, 6) is 0.949. The maximum atomic E-state index is 5.75. The Balaban J connectivity index is 2.11. The van der Waals surface area contributed by atoms with Crippen molar-refractivity contribution in [1.82, 2.24) is 4.90 Å². The minimum absolute atomic E-state index is 0.411. The van der Waals surface area contributed by atoms with Crippen molar-refractivity contribution < 1.29 is 0 Å². The molecule has 0 radical (unpaired) electrons. The molecule has 0 amide bonds. The first-order valence-electron chi connectivity index (χ1n) is 3.36. The van der Waals surface area contributed by atoms with Crippen molar-refractivity contribution in [2.75, 3.05) is 13.1 Å². The summed E-state index contributed by atoms with van der Waals surface area (Å²) in [6.07, 6.45) is 3.06. The second-order valence-corrected chi connectivity index (χ2v) is 2.95. The van der Waals surface area contributed by atoms with Crippen LogP contribution in [0, 0.1) is 5.92 Å². The van der Waals surface area contributed by atoms with E-state index in [1.807, 2.05) is 0 Å². The van der Waals surface area contributed by atoms with Crippen LogP contribution in [0.4, 0.5) is 0 Å². The second kappa shape index (κ2) is 1.45. The van der Waals surface area contributed by atoms with Crippen molar-refractivity contribution in [2.24, 2.45) is 11.7 Å². The first kappa shape index (κ1) is 4.77. The fraction of sp³-hybridized carbons (Fsp3) is 1.00. The van der Waals surface area contributed by atoms with Gasteiger partial charge >= 0.3 is 0 Å². The molecule has 46 valence electrons. The van der Waals surface area contributed by atoms with Gasteiger partial charge in [-0.15, -0.1) is 0 Å². The molecule has 2 heterocycles. The first-order chi connectivity index (χ1) is 3.86. The quantitative estimate of drug-likeness (QED) is 0.478. The lowest BCUT2D eigenvalue weighted by Crippen LogP contribution is -2.36. The van der Waals surface area contributed by atoms with E-state index >= 15 is 0 Å². The van der Waals surface area contributed by atoms with E-state index in [-0.39, 0.29) is 0 Å². The Hall–Kier alpha value is -0.0800. The third kappa shape index (κ3) is 0.501. The van der Waals surface area contributed by atoms with E-state index < -0.39 is 0 Å². The van der Waals surface area contributed by atoms with Gasteiger partial charge in [0.1, 0.15) is 0 Å². The van der Waals surface area contributed by atoms with Gasteiger partial charge < -0.3 is 5.73 Å². The average molecular weight is 112 g/mol. The van der Waals surface area contributed by atoms with E-state index in [0.717, 1.165) is 5.92 Å². The highest BCUT2D eigenvalue weighted by atomic mass is 15.3. The smallest absolute Gasteiger partial charge is 0.0574 e. The average Bonchev–Trinajstić information content (AvgIpc) is 2.23. The fourth-order valence-electron chi connectivity index (χ4n) is 1.85. The Morgan fingerprint density at radius 1 is 1.50 bits per heavy atom. The van der Waals surface area contributed by atoms with Crippen LogP contribution in [-0.2, 0) is 0 Å². The zero-order valence-corrected chi connectivity index (χ0v) is 5.01. The molecule has 2 fully saturated rings. The number of piperidine rings is 1. The Labute approximate surface area is 49.7 Å². The van der Waals surface area contributed by atoms with Crippen molar-refractivity contribution >= 4 is 0 Å². The molecule has 2 heteroatoms. The summed E-state index contributed by atoms with van der Waals surface area (Å²) in [6.45, 7) is 2.53. The molecule has 0 aromatic rings. The van der Waals surface area contributed by atoms with Crippen LogP contribution < -0.4 is 5.73 Å². The molecule has 0 aromatic heterocycles. The van der Waals surface area contributed by atoms with Crippen molar-refractivity contribution in [3.05, 3.63) is 0 Å². The molecule has 8 heavy (non-hydrogen) atoms. The second-order valence-electron chi connectivity index (χ2n) is 2.95. The predicted molar refractivity (Wildman–Crippen MR) is 32.3 cm³/mol. The van der Waals surface area contributed by atoms with E-state index in [0.29, 0.717) is 6.17 Å². The molecule has 2 nitrogen and oxygen atoms in total. The Kier molecular flexibility index (Phi) is 0.866. The van der Waals surface area contributed by atoms with Crippen LogP contribution in [0.3, 0.4) is 0 Å². The predicted octanol–water partition coefficient (Wildman–Crippen LogP) is -0.00320. The standard InChI is InChI=1S/C6H12N2/c7-6-3-5-1-2-8(6)4-5/h5-6H,1-4,7H2. The molecule has 3 unspecified atom stereocenters. The van der Waals surface area contributed by atoms with Gasteiger partial charge in [0.15, 0.2) is 0 Å². The number of nitrogens with two attached hydrogens (primary N) is 1. The van der Waals surface area contributed by atoms with Crippen LogP contribution in [0.2, 0.25) is 0 Å². The summed E-state index contributed by atoms with van der Waals surface area (Å²) < 4.78 is 0. The number of fused-ring (bicyclic) bond motifs is 2. The Morgan fingerprint density at radius 3 is 2.62 bits per heavy atom. The van der Waals surface area contributed by atoms with Gasteiger partial charge in [0.25, 0.3) is 0 Å². The third-order valence-electron chi connectivity index (χ3n) is 2.36. The van der Waals surface area contributed by atoms with Gasteiger partial charge in [0.05, 0.1) is 6.17 Å². The van der Waals surface area contributed by atoms with E-state index in [1.54, 1.807) is 0 Å². The lowest BCUT2D eigenvalue weighted by Gasteiger charge is -2.19. The molecular weight excluding hydrogens is 100 g/mol. The molecule has 2 rings (SSSR count). The fourth-order valence-corrected chi connectivity index (χ4v) is 1.85. The number of nitrogens with zero attached hydrogens (tertiary/aromatic N) is 1. The van der Waals surface area contributed by atoms with Crippen LogP contribution in [-0.4, -0.2) is 24.2 Å². The minimum Gasteiger partial charge on any atom is -0.316 e. The topological polar surface area (TPSA) is 29.3 Å². The molecule has 0 saturated carbocycles. The van der Waals surface area contributed by atoms with Crippen molar-refractivity contribution in [3.8, 4) is 0 Å². The van der Waals surface area contributed by atoms with Gasteiger partial charge in [-0.25, -0.2) is 0 Å². The lowest BCUT2D eigenvalue weighted by atomic mass is 10.1. The van der Waals surface area contributed by atoms with E-state index in [1.165, 1.54) is 25.9 Å². The summed E-state index contributed by atoms with van der Waals surface area (Å²) in [4.78, 5) is 2.38. The summed E-state index contributed by atoms with van der Waals surface area (Å²) in [5.41, 5.74) is 5.75. The molecule has 2 N–H and O–H groups in total. The van der Waals surface area contributed by atoms with E-state index in [9.17, 15) is 0 Å². The molecule has 0 aromatic carbocycles.